The summed E-state index contributed by atoms with van der Waals surface area (Å²) >= 11 is 1.36. The number of aryl methyl sites for hydroxylation is 1. The van der Waals surface area contributed by atoms with Crippen LogP contribution in [0.25, 0.3) is 5.69 Å². The molecule has 0 atom stereocenters. The van der Waals surface area contributed by atoms with Gasteiger partial charge in [0.25, 0.3) is 0 Å². The number of thioether (sulfide) groups is 1. The van der Waals surface area contributed by atoms with Crippen LogP contribution in [-0.2, 0) is 11.2 Å². The van der Waals surface area contributed by atoms with Crippen LogP contribution in [0.1, 0.15) is 18.9 Å². The second-order valence-corrected chi connectivity index (χ2v) is 8.27. The fourth-order valence-corrected chi connectivity index (χ4v) is 3.79. The fraction of sp³-hybridized carbons (Fsp3) is 0.348. The average Bonchev–Trinajstić information content (AvgIpc) is 3.24. The van der Waals surface area contributed by atoms with Gasteiger partial charge in [0.05, 0.1) is 18.0 Å². The zero-order valence-electron chi connectivity index (χ0n) is 18.2. The summed E-state index contributed by atoms with van der Waals surface area (Å²) < 4.78 is 7.66. The van der Waals surface area contributed by atoms with E-state index in [2.05, 4.69) is 33.4 Å². The SMILES string of the molecule is CCc1ccccc1-n1cnnc1SCC(=O)Nc1ccc(OCCCN(C)C)cc1. The van der Waals surface area contributed by atoms with Gasteiger partial charge in [-0.2, -0.15) is 0 Å². The van der Waals surface area contributed by atoms with E-state index in [9.17, 15) is 4.79 Å². The third-order valence-corrected chi connectivity index (χ3v) is 5.58. The molecular formula is C23H29N5O2S. The first-order valence-corrected chi connectivity index (χ1v) is 11.3. The molecule has 3 rings (SSSR count). The van der Waals surface area contributed by atoms with Gasteiger partial charge in [0, 0.05) is 12.2 Å². The van der Waals surface area contributed by atoms with Gasteiger partial charge in [-0.15, -0.1) is 10.2 Å². The smallest absolute Gasteiger partial charge is 0.234 e. The second kappa shape index (κ2) is 11.5. The Kier molecular flexibility index (Phi) is 8.49. The Morgan fingerprint density at radius 2 is 1.94 bits per heavy atom. The molecule has 1 aromatic heterocycles. The summed E-state index contributed by atoms with van der Waals surface area (Å²) in [5.41, 5.74) is 2.99. The third-order valence-electron chi connectivity index (χ3n) is 4.64. The summed E-state index contributed by atoms with van der Waals surface area (Å²) in [4.78, 5) is 14.5. The maximum atomic E-state index is 12.4. The molecule has 0 spiro atoms. The molecule has 31 heavy (non-hydrogen) atoms. The number of nitrogens with one attached hydrogen (secondary N) is 1. The minimum Gasteiger partial charge on any atom is -0.494 e. The molecular weight excluding hydrogens is 410 g/mol. The van der Waals surface area contributed by atoms with Gasteiger partial charge in [-0.05, 0) is 62.8 Å². The van der Waals surface area contributed by atoms with E-state index in [1.165, 1.54) is 17.3 Å². The molecule has 0 radical (unpaired) electrons. The molecule has 1 amide bonds. The summed E-state index contributed by atoms with van der Waals surface area (Å²) in [5.74, 6) is 0.951. The van der Waals surface area contributed by atoms with E-state index < -0.39 is 0 Å². The number of carbonyl (C=O) groups is 1. The lowest BCUT2D eigenvalue weighted by Crippen LogP contribution is -2.15. The lowest BCUT2D eigenvalue weighted by atomic mass is 10.1. The minimum absolute atomic E-state index is 0.0945. The summed E-state index contributed by atoms with van der Waals surface area (Å²) in [6.07, 6.45) is 3.57. The molecule has 0 unspecified atom stereocenters. The minimum atomic E-state index is -0.0945. The first-order chi connectivity index (χ1) is 15.1. The molecule has 7 nitrogen and oxygen atoms in total. The number of nitrogens with zero attached hydrogens (tertiary/aromatic N) is 4. The normalized spacial score (nSPS) is 11.0. The Labute approximate surface area is 187 Å². The van der Waals surface area contributed by atoms with Crippen LogP contribution in [0.2, 0.25) is 0 Å². The summed E-state index contributed by atoms with van der Waals surface area (Å²) in [6, 6.07) is 15.6. The van der Waals surface area contributed by atoms with E-state index in [0.29, 0.717) is 11.8 Å². The van der Waals surface area contributed by atoms with Gasteiger partial charge in [0.15, 0.2) is 5.16 Å². The molecule has 0 aliphatic rings. The van der Waals surface area contributed by atoms with Crippen LogP contribution in [0.5, 0.6) is 5.75 Å². The van der Waals surface area contributed by atoms with Crippen molar-refractivity contribution in [3.63, 3.8) is 0 Å². The van der Waals surface area contributed by atoms with Crippen molar-refractivity contribution in [3.05, 3.63) is 60.4 Å². The lowest BCUT2D eigenvalue weighted by molar-refractivity contribution is -0.113. The Morgan fingerprint density at radius 3 is 2.68 bits per heavy atom. The second-order valence-electron chi connectivity index (χ2n) is 7.33. The molecule has 0 bridgehead atoms. The lowest BCUT2D eigenvalue weighted by Gasteiger charge is -2.11. The zero-order chi connectivity index (χ0) is 22.1. The molecule has 8 heteroatoms. The van der Waals surface area contributed by atoms with Gasteiger partial charge in [-0.3, -0.25) is 9.36 Å². The van der Waals surface area contributed by atoms with Crippen molar-refractivity contribution in [2.45, 2.75) is 24.9 Å². The number of ether oxygens (including phenoxy) is 1. The largest absolute Gasteiger partial charge is 0.494 e. The highest BCUT2D eigenvalue weighted by atomic mass is 32.2. The van der Waals surface area contributed by atoms with Gasteiger partial charge < -0.3 is 15.0 Å². The predicted octanol–water partition coefficient (Wildman–Crippen LogP) is 3.89. The van der Waals surface area contributed by atoms with Crippen molar-refractivity contribution in [1.82, 2.24) is 19.7 Å². The molecule has 0 saturated carbocycles. The van der Waals surface area contributed by atoms with Gasteiger partial charge in [-0.25, -0.2) is 0 Å². The van der Waals surface area contributed by atoms with E-state index in [1.54, 1.807) is 6.33 Å². The number of hydrogen-bond donors (Lipinski definition) is 1. The molecule has 1 heterocycles. The van der Waals surface area contributed by atoms with Crippen LogP contribution >= 0.6 is 11.8 Å². The summed E-state index contributed by atoms with van der Waals surface area (Å²) in [6.45, 7) is 3.77. The van der Waals surface area contributed by atoms with Crippen molar-refractivity contribution in [2.75, 3.05) is 38.3 Å². The van der Waals surface area contributed by atoms with Crippen molar-refractivity contribution in [2.24, 2.45) is 0 Å². The quantitative estimate of drug-likeness (QED) is 0.361. The van der Waals surface area contributed by atoms with E-state index in [1.807, 2.05) is 61.1 Å². The molecule has 0 fully saturated rings. The number of carbonyl (C=O) groups excluding carboxylic acids is 1. The first-order valence-electron chi connectivity index (χ1n) is 10.4. The van der Waals surface area contributed by atoms with Crippen molar-refractivity contribution < 1.29 is 9.53 Å². The van der Waals surface area contributed by atoms with Crippen LogP contribution in [0, 0.1) is 0 Å². The fourth-order valence-electron chi connectivity index (χ4n) is 3.07. The van der Waals surface area contributed by atoms with Crippen LogP contribution in [0.15, 0.2) is 60.0 Å². The maximum Gasteiger partial charge on any atom is 0.234 e. The van der Waals surface area contributed by atoms with E-state index in [0.717, 1.165) is 36.5 Å². The molecule has 0 saturated heterocycles. The van der Waals surface area contributed by atoms with Crippen molar-refractivity contribution >= 4 is 23.4 Å². The molecule has 164 valence electrons. The van der Waals surface area contributed by atoms with E-state index >= 15 is 0 Å². The van der Waals surface area contributed by atoms with Crippen molar-refractivity contribution in [1.29, 1.82) is 0 Å². The summed E-state index contributed by atoms with van der Waals surface area (Å²) in [5, 5.41) is 11.8. The number of para-hydroxylation sites is 1. The Hall–Kier alpha value is -2.84. The van der Waals surface area contributed by atoms with E-state index in [-0.39, 0.29) is 11.7 Å². The topological polar surface area (TPSA) is 72.3 Å². The number of aromatic nitrogens is 3. The van der Waals surface area contributed by atoms with Crippen LogP contribution in [0.3, 0.4) is 0 Å². The number of benzene rings is 2. The van der Waals surface area contributed by atoms with Crippen LogP contribution in [-0.4, -0.2) is 58.6 Å². The van der Waals surface area contributed by atoms with Gasteiger partial charge in [-0.1, -0.05) is 36.9 Å². The number of hydrogen-bond acceptors (Lipinski definition) is 6. The molecule has 3 aromatic rings. The van der Waals surface area contributed by atoms with Crippen LogP contribution in [0.4, 0.5) is 5.69 Å². The highest BCUT2D eigenvalue weighted by molar-refractivity contribution is 7.99. The Morgan fingerprint density at radius 1 is 1.16 bits per heavy atom. The number of rotatable bonds is 11. The third kappa shape index (κ3) is 6.83. The van der Waals surface area contributed by atoms with Crippen LogP contribution < -0.4 is 10.1 Å². The average molecular weight is 440 g/mol. The van der Waals surface area contributed by atoms with Gasteiger partial charge in [0.1, 0.15) is 12.1 Å². The monoisotopic (exact) mass is 439 g/mol. The standard InChI is InChI=1S/C23H29N5O2S/c1-4-18-8-5-6-9-21(18)28-17-24-26-23(28)31-16-22(29)25-19-10-12-20(13-11-19)30-15-7-14-27(2)3/h5-6,8-13,17H,4,7,14-16H2,1-3H3,(H,25,29). The van der Waals surface area contributed by atoms with Gasteiger partial charge >= 0.3 is 0 Å². The molecule has 0 aliphatic heterocycles. The van der Waals surface area contributed by atoms with Crippen molar-refractivity contribution in [3.8, 4) is 11.4 Å². The Bertz CT molecular complexity index is 972. The highest BCUT2D eigenvalue weighted by Crippen LogP contribution is 2.23. The molecule has 0 aliphatic carbocycles. The first kappa shape index (κ1) is 22.8. The highest BCUT2D eigenvalue weighted by Gasteiger charge is 2.12. The number of anilines is 1. The Balaban J connectivity index is 1.51. The predicted molar refractivity (Wildman–Crippen MR) is 125 cm³/mol. The molecule has 1 N–H and O–H groups in total. The summed E-state index contributed by atoms with van der Waals surface area (Å²) in [7, 11) is 4.09. The maximum absolute atomic E-state index is 12.4. The number of amides is 1. The van der Waals surface area contributed by atoms with E-state index in [4.69, 9.17) is 4.74 Å². The zero-order valence-corrected chi connectivity index (χ0v) is 19.1. The molecule has 2 aromatic carbocycles. The van der Waals surface area contributed by atoms with Gasteiger partial charge in [0.2, 0.25) is 5.91 Å².